The van der Waals surface area contributed by atoms with Crippen molar-refractivity contribution >= 4 is 16.9 Å². The van der Waals surface area contributed by atoms with E-state index in [2.05, 4.69) is 10.3 Å². The van der Waals surface area contributed by atoms with E-state index in [0.717, 1.165) is 27.7 Å². The van der Waals surface area contributed by atoms with Gasteiger partial charge in [-0.15, -0.1) is 0 Å². The lowest BCUT2D eigenvalue weighted by molar-refractivity contribution is -0.121. The third-order valence-corrected chi connectivity index (χ3v) is 4.44. The first-order valence-electron chi connectivity index (χ1n) is 8.70. The number of hydrogen-bond donors (Lipinski definition) is 1. The molecule has 0 aliphatic carbocycles. The lowest BCUT2D eigenvalue weighted by Crippen LogP contribution is -2.26. The van der Waals surface area contributed by atoms with Gasteiger partial charge in [0.1, 0.15) is 12.4 Å². The highest BCUT2D eigenvalue weighted by Crippen LogP contribution is 2.23. The maximum Gasteiger partial charge on any atom is 0.240 e. The summed E-state index contributed by atoms with van der Waals surface area (Å²) in [5.74, 6) is -0.338. The van der Waals surface area contributed by atoms with Crippen molar-refractivity contribution in [3.63, 3.8) is 0 Å². The van der Waals surface area contributed by atoms with Crippen molar-refractivity contribution in [3.8, 4) is 11.1 Å². The highest BCUT2D eigenvalue weighted by atomic mass is 19.1. The second-order valence-electron chi connectivity index (χ2n) is 6.34. The van der Waals surface area contributed by atoms with E-state index < -0.39 is 0 Å². The molecule has 1 amide bonds. The van der Waals surface area contributed by atoms with Crippen molar-refractivity contribution in [1.82, 2.24) is 14.9 Å². The summed E-state index contributed by atoms with van der Waals surface area (Å²) < 4.78 is 15.0. The van der Waals surface area contributed by atoms with E-state index in [-0.39, 0.29) is 18.3 Å². The summed E-state index contributed by atoms with van der Waals surface area (Å²) in [5, 5.41) is 2.93. The highest BCUT2D eigenvalue weighted by molar-refractivity contribution is 5.84. The van der Waals surface area contributed by atoms with Crippen molar-refractivity contribution in [2.45, 2.75) is 13.1 Å². The smallest absolute Gasteiger partial charge is 0.240 e. The van der Waals surface area contributed by atoms with Gasteiger partial charge in [0.25, 0.3) is 0 Å². The Morgan fingerprint density at radius 3 is 2.56 bits per heavy atom. The van der Waals surface area contributed by atoms with E-state index in [1.165, 1.54) is 12.1 Å². The van der Waals surface area contributed by atoms with Crippen LogP contribution in [0.3, 0.4) is 0 Å². The van der Waals surface area contributed by atoms with Gasteiger partial charge in [-0.05, 0) is 35.4 Å². The van der Waals surface area contributed by atoms with Gasteiger partial charge in [-0.2, -0.15) is 0 Å². The Morgan fingerprint density at radius 2 is 1.78 bits per heavy atom. The van der Waals surface area contributed by atoms with Crippen LogP contribution in [0.5, 0.6) is 0 Å². The number of rotatable bonds is 5. The standard InChI is InChI=1S/C22H18FN3O/c23-19-8-6-17(7-9-19)18-12-21-20(24-14-18)10-11-26(21)15-22(27)25-13-16-4-2-1-3-5-16/h1-12,14H,13,15H2,(H,25,27). The Morgan fingerprint density at radius 1 is 1.00 bits per heavy atom. The molecule has 2 heterocycles. The Kier molecular flexibility index (Phi) is 4.66. The normalized spacial score (nSPS) is 10.9. The predicted octanol–water partition coefficient (Wildman–Crippen LogP) is 4.16. The van der Waals surface area contributed by atoms with Gasteiger partial charge in [-0.25, -0.2) is 4.39 Å². The van der Waals surface area contributed by atoms with E-state index in [4.69, 9.17) is 0 Å². The molecule has 134 valence electrons. The summed E-state index contributed by atoms with van der Waals surface area (Å²) in [7, 11) is 0. The average molecular weight is 359 g/mol. The maximum absolute atomic E-state index is 13.1. The topological polar surface area (TPSA) is 46.9 Å². The van der Waals surface area contributed by atoms with Crippen LogP contribution in [0.1, 0.15) is 5.56 Å². The van der Waals surface area contributed by atoms with Crippen LogP contribution in [-0.2, 0) is 17.9 Å². The number of nitrogens with one attached hydrogen (secondary N) is 1. The minimum absolute atomic E-state index is 0.0662. The second kappa shape index (κ2) is 7.41. The van der Waals surface area contributed by atoms with Crippen molar-refractivity contribution in [2.75, 3.05) is 0 Å². The van der Waals surface area contributed by atoms with Crippen molar-refractivity contribution in [1.29, 1.82) is 0 Å². The van der Waals surface area contributed by atoms with Gasteiger partial charge in [0.05, 0.1) is 11.0 Å². The van der Waals surface area contributed by atoms with E-state index in [0.29, 0.717) is 6.54 Å². The lowest BCUT2D eigenvalue weighted by Gasteiger charge is -2.08. The van der Waals surface area contributed by atoms with Crippen LogP contribution in [-0.4, -0.2) is 15.5 Å². The highest BCUT2D eigenvalue weighted by Gasteiger charge is 2.09. The lowest BCUT2D eigenvalue weighted by atomic mass is 10.1. The van der Waals surface area contributed by atoms with Crippen LogP contribution < -0.4 is 5.32 Å². The molecule has 0 radical (unpaired) electrons. The van der Waals surface area contributed by atoms with Crippen molar-refractivity contribution in [3.05, 3.63) is 90.5 Å². The van der Waals surface area contributed by atoms with E-state index in [1.807, 2.05) is 53.2 Å². The van der Waals surface area contributed by atoms with Gasteiger partial charge in [-0.3, -0.25) is 9.78 Å². The molecular weight excluding hydrogens is 341 g/mol. The molecule has 4 rings (SSSR count). The van der Waals surface area contributed by atoms with Crippen LogP contribution in [0.15, 0.2) is 79.1 Å². The number of nitrogens with zero attached hydrogens (tertiary/aromatic N) is 2. The summed E-state index contributed by atoms with van der Waals surface area (Å²) in [5.41, 5.74) is 4.51. The molecule has 0 fully saturated rings. The minimum Gasteiger partial charge on any atom is -0.350 e. The third kappa shape index (κ3) is 3.87. The van der Waals surface area contributed by atoms with Gasteiger partial charge < -0.3 is 9.88 Å². The molecule has 4 aromatic rings. The second-order valence-corrected chi connectivity index (χ2v) is 6.34. The monoisotopic (exact) mass is 359 g/mol. The molecule has 2 aromatic heterocycles. The van der Waals surface area contributed by atoms with Gasteiger partial charge in [0, 0.05) is 24.5 Å². The molecule has 0 spiro atoms. The third-order valence-electron chi connectivity index (χ3n) is 4.44. The Balaban J connectivity index is 1.52. The largest absolute Gasteiger partial charge is 0.350 e. The average Bonchev–Trinajstić information content (AvgIpc) is 3.10. The van der Waals surface area contributed by atoms with Crippen molar-refractivity contribution < 1.29 is 9.18 Å². The maximum atomic E-state index is 13.1. The van der Waals surface area contributed by atoms with Gasteiger partial charge in [-0.1, -0.05) is 42.5 Å². The summed E-state index contributed by atoms with van der Waals surface area (Å²) in [6.45, 7) is 0.711. The van der Waals surface area contributed by atoms with E-state index >= 15 is 0 Å². The molecule has 0 bridgehead atoms. The molecular formula is C22H18FN3O. The van der Waals surface area contributed by atoms with Crippen LogP contribution in [0.4, 0.5) is 4.39 Å². The predicted molar refractivity (Wildman–Crippen MR) is 103 cm³/mol. The summed E-state index contributed by atoms with van der Waals surface area (Å²) in [6, 6.07) is 19.9. The number of halogens is 1. The molecule has 0 saturated heterocycles. The number of carbonyl (C=O) groups is 1. The molecule has 5 heteroatoms. The first-order valence-corrected chi connectivity index (χ1v) is 8.70. The number of carbonyl (C=O) groups excluding carboxylic acids is 1. The van der Waals surface area contributed by atoms with Gasteiger partial charge >= 0.3 is 0 Å². The Bertz CT molecular complexity index is 1070. The first-order chi connectivity index (χ1) is 13.2. The Labute approximate surface area is 156 Å². The minimum atomic E-state index is -0.272. The fourth-order valence-electron chi connectivity index (χ4n) is 3.01. The van der Waals surface area contributed by atoms with Crippen LogP contribution in [0.25, 0.3) is 22.2 Å². The molecule has 0 aliphatic rings. The Hall–Kier alpha value is -3.47. The molecule has 0 atom stereocenters. The molecule has 0 saturated carbocycles. The molecule has 27 heavy (non-hydrogen) atoms. The number of aromatic nitrogens is 2. The number of benzene rings is 2. The van der Waals surface area contributed by atoms with Crippen molar-refractivity contribution in [2.24, 2.45) is 0 Å². The number of hydrogen-bond acceptors (Lipinski definition) is 2. The van der Waals surface area contributed by atoms with Crippen LogP contribution in [0.2, 0.25) is 0 Å². The van der Waals surface area contributed by atoms with Crippen LogP contribution >= 0.6 is 0 Å². The fourth-order valence-corrected chi connectivity index (χ4v) is 3.01. The van der Waals surface area contributed by atoms with Crippen LogP contribution in [0, 0.1) is 5.82 Å². The zero-order valence-electron chi connectivity index (χ0n) is 14.6. The summed E-state index contributed by atoms with van der Waals surface area (Å²) in [6.07, 6.45) is 3.61. The van der Waals surface area contributed by atoms with E-state index in [1.54, 1.807) is 18.3 Å². The molecule has 4 nitrogen and oxygen atoms in total. The summed E-state index contributed by atoms with van der Waals surface area (Å²) in [4.78, 5) is 16.8. The molecule has 0 aliphatic heterocycles. The zero-order valence-corrected chi connectivity index (χ0v) is 14.6. The SMILES string of the molecule is O=C(Cn1ccc2ncc(-c3ccc(F)cc3)cc21)NCc1ccccc1. The quantitative estimate of drug-likeness (QED) is 0.582. The number of fused-ring (bicyclic) bond motifs is 1. The molecule has 2 aromatic carbocycles. The zero-order chi connectivity index (χ0) is 18.6. The number of amides is 1. The van der Waals surface area contributed by atoms with E-state index in [9.17, 15) is 9.18 Å². The first kappa shape index (κ1) is 17.0. The number of pyridine rings is 1. The summed E-state index contributed by atoms with van der Waals surface area (Å²) >= 11 is 0. The molecule has 0 unspecified atom stereocenters. The molecule has 1 N–H and O–H groups in total. The van der Waals surface area contributed by atoms with Gasteiger partial charge in [0.2, 0.25) is 5.91 Å². The fraction of sp³-hybridized carbons (Fsp3) is 0.0909. The van der Waals surface area contributed by atoms with Gasteiger partial charge in [0.15, 0.2) is 0 Å².